The fourth-order valence-electron chi connectivity index (χ4n) is 1.46. The van der Waals surface area contributed by atoms with Crippen molar-refractivity contribution in [1.82, 2.24) is 4.98 Å². The number of aromatic nitrogens is 1. The maximum atomic E-state index is 5.83. The third kappa shape index (κ3) is 1.63. The van der Waals surface area contributed by atoms with Crippen molar-refractivity contribution in [3.05, 3.63) is 28.0 Å². The second-order valence-corrected chi connectivity index (χ2v) is 3.64. The molecular formula is C8H10BrClN2. The molecule has 2 rings (SSSR count). The van der Waals surface area contributed by atoms with Crippen LogP contribution in [-0.4, -0.2) is 4.98 Å². The smallest absolute Gasteiger partial charge is 0.106 e. The van der Waals surface area contributed by atoms with Crippen molar-refractivity contribution in [1.29, 1.82) is 0 Å². The lowest BCUT2D eigenvalue weighted by Crippen LogP contribution is -2.07. The Morgan fingerprint density at radius 3 is 3.00 bits per heavy atom. The van der Waals surface area contributed by atoms with E-state index in [0.29, 0.717) is 0 Å². The van der Waals surface area contributed by atoms with Crippen LogP contribution in [0.15, 0.2) is 16.7 Å². The van der Waals surface area contributed by atoms with Crippen LogP contribution in [-0.2, 0) is 6.42 Å². The van der Waals surface area contributed by atoms with E-state index in [2.05, 4.69) is 27.0 Å². The Hall–Kier alpha value is -0.120. The highest BCUT2D eigenvalue weighted by atomic mass is 79.9. The summed E-state index contributed by atoms with van der Waals surface area (Å²) in [4.78, 5) is 4.33. The molecule has 0 bridgehead atoms. The summed E-state index contributed by atoms with van der Waals surface area (Å²) < 4.78 is 0.883. The summed E-state index contributed by atoms with van der Waals surface area (Å²) in [6, 6.07) is 4.22. The Kier molecular flexibility index (Phi) is 3.09. The van der Waals surface area contributed by atoms with Crippen molar-refractivity contribution < 1.29 is 0 Å². The van der Waals surface area contributed by atoms with Crippen molar-refractivity contribution in [2.75, 3.05) is 0 Å². The Bertz CT molecular complexity index is 290. The molecule has 1 aliphatic carbocycles. The van der Waals surface area contributed by atoms with Gasteiger partial charge in [-0.05, 0) is 40.4 Å². The SMILES string of the molecule is Cl.N[C@@H]1CCc2ccc(Br)nc21. The average molecular weight is 250 g/mol. The quantitative estimate of drug-likeness (QED) is 0.716. The number of nitrogens with two attached hydrogens (primary N) is 1. The molecule has 0 radical (unpaired) electrons. The molecule has 0 spiro atoms. The predicted molar refractivity (Wildman–Crippen MR) is 54.4 cm³/mol. The molecule has 12 heavy (non-hydrogen) atoms. The van der Waals surface area contributed by atoms with Crippen LogP contribution in [0.5, 0.6) is 0 Å². The first-order valence-corrected chi connectivity index (χ1v) is 4.47. The van der Waals surface area contributed by atoms with E-state index in [1.54, 1.807) is 0 Å². The molecule has 66 valence electrons. The summed E-state index contributed by atoms with van der Waals surface area (Å²) in [6.45, 7) is 0. The van der Waals surface area contributed by atoms with Gasteiger partial charge >= 0.3 is 0 Å². The highest BCUT2D eigenvalue weighted by molar-refractivity contribution is 9.10. The number of rotatable bonds is 0. The third-order valence-electron chi connectivity index (χ3n) is 2.05. The maximum Gasteiger partial charge on any atom is 0.106 e. The summed E-state index contributed by atoms with van der Waals surface area (Å²) in [7, 11) is 0. The van der Waals surface area contributed by atoms with Gasteiger partial charge in [-0.25, -0.2) is 4.98 Å². The molecule has 1 heterocycles. The first-order chi connectivity index (χ1) is 5.27. The minimum Gasteiger partial charge on any atom is -0.323 e. The van der Waals surface area contributed by atoms with Crippen molar-refractivity contribution in [2.24, 2.45) is 5.73 Å². The lowest BCUT2D eigenvalue weighted by atomic mass is 10.2. The Morgan fingerprint density at radius 1 is 1.50 bits per heavy atom. The normalized spacial score (nSPS) is 20.0. The minimum atomic E-state index is 0. The van der Waals surface area contributed by atoms with Gasteiger partial charge < -0.3 is 5.73 Å². The van der Waals surface area contributed by atoms with Crippen molar-refractivity contribution >= 4 is 28.3 Å². The summed E-state index contributed by atoms with van der Waals surface area (Å²) in [5, 5.41) is 0. The molecule has 0 aromatic carbocycles. The molecule has 4 heteroatoms. The highest BCUT2D eigenvalue weighted by Gasteiger charge is 2.19. The zero-order valence-electron chi connectivity index (χ0n) is 6.46. The largest absolute Gasteiger partial charge is 0.323 e. The molecule has 0 fully saturated rings. The van der Waals surface area contributed by atoms with Crippen molar-refractivity contribution in [3.63, 3.8) is 0 Å². The van der Waals surface area contributed by atoms with Crippen LogP contribution >= 0.6 is 28.3 Å². The van der Waals surface area contributed by atoms with E-state index in [0.717, 1.165) is 23.1 Å². The monoisotopic (exact) mass is 248 g/mol. The lowest BCUT2D eigenvalue weighted by molar-refractivity contribution is 0.696. The molecule has 1 aromatic heterocycles. The first kappa shape index (κ1) is 9.96. The molecule has 2 nitrogen and oxygen atoms in total. The number of pyridine rings is 1. The predicted octanol–water partition coefficient (Wildman–Crippen LogP) is 2.21. The number of aryl methyl sites for hydroxylation is 1. The zero-order valence-corrected chi connectivity index (χ0v) is 8.86. The van der Waals surface area contributed by atoms with Crippen LogP contribution < -0.4 is 5.73 Å². The van der Waals surface area contributed by atoms with E-state index in [1.807, 2.05) is 6.07 Å². The summed E-state index contributed by atoms with van der Waals surface area (Å²) in [6.07, 6.45) is 2.12. The zero-order chi connectivity index (χ0) is 7.84. The van der Waals surface area contributed by atoms with Crippen LogP contribution in [0, 0.1) is 0 Å². The third-order valence-corrected chi connectivity index (χ3v) is 2.50. The fraction of sp³-hybridized carbons (Fsp3) is 0.375. The van der Waals surface area contributed by atoms with Gasteiger partial charge in [-0.1, -0.05) is 6.07 Å². The Balaban J connectivity index is 0.000000720. The summed E-state index contributed by atoms with van der Waals surface area (Å²) in [5.74, 6) is 0. The number of nitrogens with zero attached hydrogens (tertiary/aromatic N) is 1. The fourth-order valence-corrected chi connectivity index (χ4v) is 1.78. The Morgan fingerprint density at radius 2 is 2.25 bits per heavy atom. The second-order valence-electron chi connectivity index (χ2n) is 2.82. The standard InChI is InChI=1S/C8H9BrN2.ClH/c9-7-4-2-5-1-3-6(10)8(5)11-7;/h2,4,6H,1,3,10H2;1H/t6-;/m1./s1. The van der Waals surface area contributed by atoms with Gasteiger partial charge in [-0.2, -0.15) is 0 Å². The average Bonchev–Trinajstić information content (AvgIpc) is 2.33. The van der Waals surface area contributed by atoms with Crippen LogP contribution in [0.1, 0.15) is 23.7 Å². The lowest BCUT2D eigenvalue weighted by Gasteiger charge is -2.02. The minimum absolute atomic E-state index is 0. The number of hydrogen-bond acceptors (Lipinski definition) is 2. The van der Waals surface area contributed by atoms with E-state index < -0.39 is 0 Å². The van der Waals surface area contributed by atoms with Gasteiger partial charge in [0.15, 0.2) is 0 Å². The molecule has 1 atom stereocenters. The Labute approximate surface area is 86.1 Å². The van der Waals surface area contributed by atoms with Crippen LogP contribution in [0.4, 0.5) is 0 Å². The summed E-state index contributed by atoms with van der Waals surface area (Å²) in [5.41, 5.74) is 8.21. The van der Waals surface area contributed by atoms with Gasteiger partial charge in [0, 0.05) is 6.04 Å². The molecule has 2 N–H and O–H groups in total. The van der Waals surface area contributed by atoms with Gasteiger partial charge in [0.1, 0.15) is 4.60 Å². The van der Waals surface area contributed by atoms with Gasteiger partial charge in [0.05, 0.1) is 5.69 Å². The molecule has 1 aliphatic rings. The van der Waals surface area contributed by atoms with E-state index >= 15 is 0 Å². The number of hydrogen-bond donors (Lipinski definition) is 1. The molecule has 0 saturated heterocycles. The molecule has 0 saturated carbocycles. The van der Waals surface area contributed by atoms with Crippen molar-refractivity contribution in [2.45, 2.75) is 18.9 Å². The second kappa shape index (κ2) is 3.73. The van der Waals surface area contributed by atoms with E-state index in [9.17, 15) is 0 Å². The molecule has 0 aliphatic heterocycles. The molecular weight excluding hydrogens is 239 g/mol. The van der Waals surface area contributed by atoms with Crippen LogP contribution in [0.25, 0.3) is 0 Å². The molecule has 1 aromatic rings. The van der Waals surface area contributed by atoms with Gasteiger partial charge in [0.25, 0.3) is 0 Å². The van der Waals surface area contributed by atoms with Gasteiger partial charge in [0.2, 0.25) is 0 Å². The van der Waals surface area contributed by atoms with Gasteiger partial charge in [-0.3, -0.25) is 0 Å². The highest BCUT2D eigenvalue weighted by Crippen LogP contribution is 2.28. The molecule has 0 amide bonds. The van der Waals surface area contributed by atoms with E-state index in [4.69, 9.17) is 5.73 Å². The van der Waals surface area contributed by atoms with E-state index in [-0.39, 0.29) is 18.4 Å². The maximum absolute atomic E-state index is 5.83. The number of fused-ring (bicyclic) bond motifs is 1. The summed E-state index contributed by atoms with van der Waals surface area (Å²) >= 11 is 3.33. The van der Waals surface area contributed by atoms with Crippen LogP contribution in [0.2, 0.25) is 0 Å². The van der Waals surface area contributed by atoms with E-state index in [1.165, 1.54) is 5.56 Å². The van der Waals surface area contributed by atoms with Gasteiger partial charge in [-0.15, -0.1) is 12.4 Å². The van der Waals surface area contributed by atoms with Crippen molar-refractivity contribution in [3.8, 4) is 0 Å². The molecule has 0 unspecified atom stereocenters. The van der Waals surface area contributed by atoms with Crippen LogP contribution in [0.3, 0.4) is 0 Å². The first-order valence-electron chi connectivity index (χ1n) is 3.68. The number of halogens is 2. The topological polar surface area (TPSA) is 38.9 Å².